The van der Waals surface area contributed by atoms with Crippen LogP contribution in [0.3, 0.4) is 0 Å². The second-order valence-corrected chi connectivity index (χ2v) is 5.39. The SMILES string of the molecule is Fc1ccc(-c2cnc(N3CCCNCC3)nc2)c(Cl)c1. The summed E-state index contributed by atoms with van der Waals surface area (Å²) in [7, 11) is 0. The quantitative estimate of drug-likeness (QED) is 0.926. The Kier molecular flexibility index (Phi) is 4.31. The second kappa shape index (κ2) is 6.37. The van der Waals surface area contributed by atoms with Crippen molar-refractivity contribution in [2.75, 3.05) is 31.1 Å². The van der Waals surface area contributed by atoms with Crippen molar-refractivity contribution < 1.29 is 4.39 Å². The maximum absolute atomic E-state index is 13.1. The molecule has 1 N–H and O–H groups in total. The molecule has 1 aliphatic heterocycles. The number of rotatable bonds is 2. The fourth-order valence-electron chi connectivity index (χ4n) is 2.39. The smallest absolute Gasteiger partial charge is 0.225 e. The molecule has 1 saturated heterocycles. The van der Waals surface area contributed by atoms with E-state index in [0.717, 1.165) is 49.7 Å². The van der Waals surface area contributed by atoms with Crippen molar-refractivity contribution in [3.8, 4) is 11.1 Å². The lowest BCUT2D eigenvalue weighted by Gasteiger charge is -2.19. The van der Waals surface area contributed by atoms with Crippen LogP contribution in [0.15, 0.2) is 30.6 Å². The number of halogens is 2. The van der Waals surface area contributed by atoms with E-state index >= 15 is 0 Å². The first-order valence-electron chi connectivity index (χ1n) is 6.97. The van der Waals surface area contributed by atoms with Crippen LogP contribution in [0.5, 0.6) is 0 Å². The maximum atomic E-state index is 13.1. The van der Waals surface area contributed by atoms with Crippen molar-refractivity contribution in [1.82, 2.24) is 15.3 Å². The highest BCUT2D eigenvalue weighted by Crippen LogP contribution is 2.28. The molecule has 0 saturated carbocycles. The van der Waals surface area contributed by atoms with E-state index in [4.69, 9.17) is 11.6 Å². The maximum Gasteiger partial charge on any atom is 0.225 e. The van der Waals surface area contributed by atoms with Crippen molar-refractivity contribution in [2.24, 2.45) is 0 Å². The van der Waals surface area contributed by atoms with Gasteiger partial charge in [-0.3, -0.25) is 0 Å². The van der Waals surface area contributed by atoms with E-state index in [1.165, 1.54) is 12.1 Å². The third kappa shape index (κ3) is 3.31. The highest BCUT2D eigenvalue weighted by molar-refractivity contribution is 6.33. The van der Waals surface area contributed by atoms with Gasteiger partial charge in [0.15, 0.2) is 0 Å². The first-order valence-corrected chi connectivity index (χ1v) is 7.35. The second-order valence-electron chi connectivity index (χ2n) is 4.99. The van der Waals surface area contributed by atoms with Gasteiger partial charge in [-0.1, -0.05) is 11.6 Å². The molecule has 0 radical (unpaired) electrons. The largest absolute Gasteiger partial charge is 0.340 e. The van der Waals surface area contributed by atoms with Crippen molar-refractivity contribution in [1.29, 1.82) is 0 Å². The molecule has 21 heavy (non-hydrogen) atoms. The van der Waals surface area contributed by atoms with Crippen LogP contribution in [-0.4, -0.2) is 36.1 Å². The van der Waals surface area contributed by atoms with Gasteiger partial charge in [0.2, 0.25) is 5.95 Å². The van der Waals surface area contributed by atoms with Gasteiger partial charge in [-0.05, 0) is 31.2 Å². The lowest BCUT2D eigenvalue weighted by molar-refractivity contribution is 0.628. The molecule has 2 aromatic rings. The lowest BCUT2D eigenvalue weighted by Crippen LogP contribution is -2.29. The van der Waals surface area contributed by atoms with Crippen LogP contribution in [0.4, 0.5) is 10.3 Å². The molecule has 1 aromatic carbocycles. The predicted molar refractivity (Wildman–Crippen MR) is 82.1 cm³/mol. The number of hydrogen-bond donors (Lipinski definition) is 1. The number of aromatic nitrogens is 2. The molecule has 0 spiro atoms. The summed E-state index contributed by atoms with van der Waals surface area (Å²) < 4.78 is 13.1. The van der Waals surface area contributed by atoms with E-state index in [1.54, 1.807) is 18.5 Å². The molecule has 3 rings (SSSR count). The minimum atomic E-state index is -0.349. The van der Waals surface area contributed by atoms with Crippen LogP contribution in [0.1, 0.15) is 6.42 Å². The molecular formula is C15H16ClFN4. The molecule has 4 nitrogen and oxygen atoms in total. The number of nitrogens with one attached hydrogen (secondary N) is 1. The summed E-state index contributed by atoms with van der Waals surface area (Å²) in [5.41, 5.74) is 1.53. The van der Waals surface area contributed by atoms with Crippen LogP contribution >= 0.6 is 11.6 Å². The van der Waals surface area contributed by atoms with E-state index < -0.39 is 0 Å². The molecule has 6 heteroatoms. The van der Waals surface area contributed by atoms with Gasteiger partial charge in [0, 0.05) is 43.2 Å². The van der Waals surface area contributed by atoms with Gasteiger partial charge < -0.3 is 10.2 Å². The van der Waals surface area contributed by atoms with E-state index in [2.05, 4.69) is 20.2 Å². The molecule has 0 amide bonds. The zero-order valence-corrected chi connectivity index (χ0v) is 12.3. The topological polar surface area (TPSA) is 41.1 Å². The fourth-order valence-corrected chi connectivity index (χ4v) is 2.67. The molecule has 110 valence electrons. The van der Waals surface area contributed by atoms with Crippen LogP contribution < -0.4 is 10.2 Å². The fraction of sp³-hybridized carbons (Fsp3) is 0.333. The van der Waals surface area contributed by atoms with Gasteiger partial charge in [0.1, 0.15) is 5.82 Å². The molecule has 2 heterocycles. The van der Waals surface area contributed by atoms with Crippen molar-refractivity contribution in [3.05, 3.63) is 41.4 Å². The van der Waals surface area contributed by atoms with Gasteiger partial charge in [-0.25, -0.2) is 14.4 Å². The first-order chi connectivity index (χ1) is 10.2. The van der Waals surface area contributed by atoms with Gasteiger partial charge in [-0.15, -0.1) is 0 Å². The van der Waals surface area contributed by atoms with Crippen molar-refractivity contribution in [2.45, 2.75) is 6.42 Å². The van der Waals surface area contributed by atoms with Gasteiger partial charge in [0.25, 0.3) is 0 Å². The van der Waals surface area contributed by atoms with E-state index in [-0.39, 0.29) is 5.82 Å². The minimum Gasteiger partial charge on any atom is -0.340 e. The van der Waals surface area contributed by atoms with Gasteiger partial charge in [-0.2, -0.15) is 0 Å². The third-order valence-electron chi connectivity index (χ3n) is 3.50. The molecule has 0 bridgehead atoms. The molecule has 0 unspecified atom stereocenters. The van der Waals surface area contributed by atoms with Crippen molar-refractivity contribution in [3.63, 3.8) is 0 Å². The molecule has 0 atom stereocenters. The Morgan fingerprint density at radius 3 is 2.71 bits per heavy atom. The summed E-state index contributed by atoms with van der Waals surface area (Å²) >= 11 is 6.06. The Hall–Kier alpha value is -1.72. The van der Waals surface area contributed by atoms with Gasteiger partial charge >= 0.3 is 0 Å². The summed E-state index contributed by atoms with van der Waals surface area (Å²) in [6.07, 6.45) is 4.55. The van der Waals surface area contributed by atoms with E-state index in [1.807, 2.05) is 0 Å². The van der Waals surface area contributed by atoms with E-state index in [0.29, 0.717) is 5.02 Å². The van der Waals surface area contributed by atoms with Crippen molar-refractivity contribution >= 4 is 17.5 Å². The Bertz CT molecular complexity index is 610. The zero-order chi connectivity index (χ0) is 14.7. The summed E-state index contributed by atoms with van der Waals surface area (Å²) in [4.78, 5) is 11.0. The standard InChI is InChI=1S/C15H16ClFN4/c16-14-8-12(17)2-3-13(14)11-9-19-15(20-10-11)21-6-1-4-18-5-7-21/h2-3,8-10,18H,1,4-7H2. The molecule has 1 aromatic heterocycles. The van der Waals surface area contributed by atoms with Crippen LogP contribution in [-0.2, 0) is 0 Å². The highest BCUT2D eigenvalue weighted by Gasteiger charge is 2.12. The highest BCUT2D eigenvalue weighted by atomic mass is 35.5. The first kappa shape index (κ1) is 14.2. The van der Waals surface area contributed by atoms with Crippen LogP contribution in [0.25, 0.3) is 11.1 Å². The minimum absolute atomic E-state index is 0.349. The number of nitrogens with zero attached hydrogens (tertiary/aromatic N) is 3. The predicted octanol–water partition coefficient (Wildman–Crippen LogP) is 2.74. The lowest BCUT2D eigenvalue weighted by atomic mass is 10.1. The van der Waals surface area contributed by atoms with E-state index in [9.17, 15) is 4.39 Å². The summed E-state index contributed by atoms with van der Waals surface area (Å²) in [5.74, 6) is 0.374. The Labute approximate surface area is 128 Å². The Morgan fingerprint density at radius 1 is 1.14 bits per heavy atom. The number of benzene rings is 1. The zero-order valence-electron chi connectivity index (χ0n) is 11.5. The summed E-state index contributed by atoms with van der Waals surface area (Å²) in [6, 6.07) is 4.33. The molecule has 1 aliphatic rings. The molecule has 1 fully saturated rings. The number of hydrogen-bond acceptors (Lipinski definition) is 4. The van der Waals surface area contributed by atoms with Gasteiger partial charge in [0.05, 0.1) is 5.02 Å². The Morgan fingerprint density at radius 2 is 1.95 bits per heavy atom. The summed E-state index contributed by atoms with van der Waals surface area (Å²) in [5, 5.41) is 3.71. The van der Waals surface area contributed by atoms with Crippen LogP contribution in [0, 0.1) is 5.82 Å². The average molecular weight is 307 g/mol. The molecular weight excluding hydrogens is 291 g/mol. The number of anilines is 1. The third-order valence-corrected chi connectivity index (χ3v) is 3.82. The molecule has 0 aliphatic carbocycles. The monoisotopic (exact) mass is 306 g/mol. The summed E-state index contributed by atoms with van der Waals surface area (Å²) in [6.45, 7) is 3.81. The average Bonchev–Trinajstić information content (AvgIpc) is 2.77. The van der Waals surface area contributed by atoms with Crippen LogP contribution in [0.2, 0.25) is 5.02 Å². The Balaban J connectivity index is 1.83. The normalized spacial score (nSPS) is 15.8.